The summed E-state index contributed by atoms with van der Waals surface area (Å²) < 4.78 is 0. The Balaban J connectivity index is 1.81. The number of amides is 1. The Morgan fingerprint density at radius 2 is 1.87 bits per heavy atom. The predicted molar refractivity (Wildman–Crippen MR) is 92.7 cm³/mol. The monoisotopic (exact) mass is 306 g/mol. The third kappa shape index (κ3) is 3.45. The first-order valence-electron chi connectivity index (χ1n) is 7.51. The minimum atomic E-state index is -0.251. The van der Waals surface area contributed by atoms with E-state index in [0.717, 1.165) is 16.6 Å². The fourth-order valence-electron chi connectivity index (χ4n) is 2.34. The largest absolute Gasteiger partial charge is 0.382 e. The van der Waals surface area contributed by atoms with Gasteiger partial charge in [-0.3, -0.25) is 9.78 Å². The molecule has 1 aromatic carbocycles. The number of fused-ring (bicyclic) bond motifs is 1. The van der Waals surface area contributed by atoms with Crippen LogP contribution in [0.3, 0.4) is 0 Å². The molecule has 0 bridgehead atoms. The summed E-state index contributed by atoms with van der Waals surface area (Å²) in [5.74, 6) is -0.251. The van der Waals surface area contributed by atoms with Gasteiger partial charge in [-0.1, -0.05) is 18.2 Å². The van der Waals surface area contributed by atoms with E-state index in [2.05, 4.69) is 20.6 Å². The highest BCUT2D eigenvalue weighted by Gasteiger charge is 2.10. The molecule has 5 nitrogen and oxygen atoms in total. The van der Waals surface area contributed by atoms with Crippen LogP contribution in [0.2, 0.25) is 0 Å². The van der Waals surface area contributed by atoms with Gasteiger partial charge in [0, 0.05) is 17.6 Å². The smallest absolute Gasteiger partial charge is 0.274 e. The Kier molecular flexibility index (Phi) is 4.19. The van der Waals surface area contributed by atoms with Crippen molar-refractivity contribution in [3.8, 4) is 0 Å². The van der Waals surface area contributed by atoms with E-state index in [4.69, 9.17) is 0 Å². The summed E-state index contributed by atoms with van der Waals surface area (Å²) in [6.45, 7) is 4.10. The molecule has 2 N–H and O–H groups in total. The molecule has 3 aromatic rings. The molecule has 0 saturated carbocycles. The highest BCUT2D eigenvalue weighted by Crippen LogP contribution is 2.21. The van der Waals surface area contributed by atoms with Gasteiger partial charge in [-0.2, -0.15) is 0 Å². The maximum Gasteiger partial charge on any atom is 0.274 e. The van der Waals surface area contributed by atoms with Crippen LogP contribution in [0.1, 0.15) is 24.3 Å². The number of benzene rings is 1. The Hall–Kier alpha value is -2.95. The van der Waals surface area contributed by atoms with Crippen LogP contribution in [0.15, 0.2) is 54.9 Å². The standard InChI is InChI=1S/C18H18N4O/c1-12(2)21-14-8-9-16(20-11-14)18(23)22-15-7-3-5-13-6-4-10-19-17(13)15/h3-12,21H,1-2H3,(H,22,23). The summed E-state index contributed by atoms with van der Waals surface area (Å²) in [6, 6.07) is 13.4. The van der Waals surface area contributed by atoms with Gasteiger partial charge in [0.15, 0.2) is 0 Å². The molecule has 0 aliphatic rings. The van der Waals surface area contributed by atoms with Gasteiger partial charge >= 0.3 is 0 Å². The molecule has 5 heteroatoms. The highest BCUT2D eigenvalue weighted by molar-refractivity contribution is 6.07. The summed E-state index contributed by atoms with van der Waals surface area (Å²) >= 11 is 0. The van der Waals surface area contributed by atoms with Crippen molar-refractivity contribution >= 4 is 28.2 Å². The maximum atomic E-state index is 12.4. The maximum absolute atomic E-state index is 12.4. The van der Waals surface area contributed by atoms with Crippen LogP contribution >= 0.6 is 0 Å². The molecule has 0 atom stereocenters. The highest BCUT2D eigenvalue weighted by atomic mass is 16.1. The van der Waals surface area contributed by atoms with E-state index in [1.807, 2.05) is 50.2 Å². The lowest BCUT2D eigenvalue weighted by Gasteiger charge is -2.10. The van der Waals surface area contributed by atoms with Gasteiger partial charge < -0.3 is 10.6 Å². The molecule has 0 fully saturated rings. The van der Waals surface area contributed by atoms with E-state index in [0.29, 0.717) is 17.4 Å². The van der Waals surface area contributed by atoms with Crippen LogP contribution in [-0.4, -0.2) is 21.9 Å². The van der Waals surface area contributed by atoms with Crippen LogP contribution in [-0.2, 0) is 0 Å². The van der Waals surface area contributed by atoms with Crippen molar-refractivity contribution in [2.75, 3.05) is 10.6 Å². The average Bonchev–Trinajstić information content (AvgIpc) is 2.55. The number of anilines is 2. The summed E-state index contributed by atoms with van der Waals surface area (Å²) in [5, 5.41) is 7.10. The molecular formula is C18H18N4O. The molecule has 2 heterocycles. The number of carbonyl (C=O) groups excluding carboxylic acids is 1. The third-order valence-electron chi connectivity index (χ3n) is 3.33. The first kappa shape index (κ1) is 15.0. The molecule has 116 valence electrons. The van der Waals surface area contributed by atoms with Gasteiger partial charge in [-0.15, -0.1) is 0 Å². The molecular weight excluding hydrogens is 288 g/mol. The fraction of sp³-hybridized carbons (Fsp3) is 0.167. The number of para-hydroxylation sites is 1. The van der Waals surface area contributed by atoms with Crippen LogP contribution in [0.5, 0.6) is 0 Å². The second-order valence-electron chi connectivity index (χ2n) is 5.57. The first-order valence-corrected chi connectivity index (χ1v) is 7.51. The Bertz CT molecular complexity index is 823. The number of hydrogen-bond donors (Lipinski definition) is 2. The fourth-order valence-corrected chi connectivity index (χ4v) is 2.34. The molecule has 3 rings (SSSR count). The third-order valence-corrected chi connectivity index (χ3v) is 3.33. The molecule has 0 spiro atoms. The average molecular weight is 306 g/mol. The van der Waals surface area contributed by atoms with E-state index >= 15 is 0 Å². The molecule has 2 aromatic heterocycles. The van der Waals surface area contributed by atoms with Gasteiger partial charge in [0.25, 0.3) is 5.91 Å². The van der Waals surface area contributed by atoms with Crippen molar-refractivity contribution in [2.24, 2.45) is 0 Å². The number of pyridine rings is 2. The van der Waals surface area contributed by atoms with E-state index in [1.54, 1.807) is 18.5 Å². The number of rotatable bonds is 4. The summed E-state index contributed by atoms with van der Waals surface area (Å²) in [4.78, 5) is 20.9. The van der Waals surface area contributed by atoms with Gasteiger partial charge in [0.05, 0.1) is 23.1 Å². The molecule has 0 radical (unpaired) electrons. The minimum absolute atomic E-state index is 0.251. The van der Waals surface area contributed by atoms with Gasteiger partial charge in [0.2, 0.25) is 0 Å². The zero-order valence-corrected chi connectivity index (χ0v) is 13.1. The zero-order valence-electron chi connectivity index (χ0n) is 13.1. The van der Waals surface area contributed by atoms with Gasteiger partial charge in [-0.05, 0) is 38.1 Å². The number of hydrogen-bond acceptors (Lipinski definition) is 4. The summed E-state index contributed by atoms with van der Waals surface area (Å²) in [5.41, 5.74) is 2.70. The summed E-state index contributed by atoms with van der Waals surface area (Å²) in [6.07, 6.45) is 3.37. The second kappa shape index (κ2) is 6.44. The van der Waals surface area contributed by atoms with Crippen LogP contribution in [0.4, 0.5) is 11.4 Å². The van der Waals surface area contributed by atoms with Crippen molar-refractivity contribution in [3.05, 3.63) is 60.6 Å². The Morgan fingerprint density at radius 1 is 1.04 bits per heavy atom. The van der Waals surface area contributed by atoms with Gasteiger partial charge in [-0.25, -0.2) is 4.98 Å². The van der Waals surface area contributed by atoms with E-state index in [1.165, 1.54) is 0 Å². The molecule has 0 unspecified atom stereocenters. The molecule has 0 aliphatic carbocycles. The molecule has 1 amide bonds. The number of aromatic nitrogens is 2. The predicted octanol–water partition coefficient (Wildman–Crippen LogP) is 3.70. The number of carbonyl (C=O) groups is 1. The van der Waals surface area contributed by atoms with E-state index in [-0.39, 0.29) is 5.91 Å². The first-order chi connectivity index (χ1) is 11.1. The molecule has 0 aliphatic heterocycles. The molecule has 0 saturated heterocycles. The van der Waals surface area contributed by atoms with Crippen molar-refractivity contribution in [1.29, 1.82) is 0 Å². The van der Waals surface area contributed by atoms with Gasteiger partial charge in [0.1, 0.15) is 5.69 Å². The minimum Gasteiger partial charge on any atom is -0.382 e. The van der Waals surface area contributed by atoms with E-state index < -0.39 is 0 Å². The van der Waals surface area contributed by atoms with Crippen LogP contribution in [0.25, 0.3) is 10.9 Å². The topological polar surface area (TPSA) is 66.9 Å². The SMILES string of the molecule is CC(C)Nc1ccc(C(=O)Nc2cccc3cccnc23)nc1. The normalized spacial score (nSPS) is 10.7. The lowest BCUT2D eigenvalue weighted by molar-refractivity contribution is 0.102. The number of nitrogens with zero attached hydrogens (tertiary/aromatic N) is 2. The van der Waals surface area contributed by atoms with Crippen molar-refractivity contribution in [1.82, 2.24) is 9.97 Å². The Labute approximate surface area is 134 Å². The van der Waals surface area contributed by atoms with Crippen molar-refractivity contribution in [2.45, 2.75) is 19.9 Å². The quantitative estimate of drug-likeness (QED) is 0.771. The Morgan fingerprint density at radius 3 is 2.61 bits per heavy atom. The lowest BCUT2D eigenvalue weighted by Crippen LogP contribution is -2.15. The zero-order chi connectivity index (χ0) is 16.2. The molecule has 23 heavy (non-hydrogen) atoms. The lowest BCUT2D eigenvalue weighted by atomic mass is 10.2. The van der Waals surface area contributed by atoms with Crippen molar-refractivity contribution < 1.29 is 4.79 Å². The van der Waals surface area contributed by atoms with Crippen LogP contribution < -0.4 is 10.6 Å². The second-order valence-corrected chi connectivity index (χ2v) is 5.57. The van der Waals surface area contributed by atoms with E-state index in [9.17, 15) is 4.79 Å². The number of nitrogens with one attached hydrogen (secondary N) is 2. The summed E-state index contributed by atoms with van der Waals surface area (Å²) in [7, 11) is 0. The van der Waals surface area contributed by atoms with Crippen molar-refractivity contribution in [3.63, 3.8) is 0 Å². The van der Waals surface area contributed by atoms with Crippen LogP contribution in [0, 0.1) is 0 Å².